The number of piperidine rings is 1. The summed E-state index contributed by atoms with van der Waals surface area (Å²) >= 11 is 0. The minimum Gasteiger partial charge on any atom is -0.314 e. The number of allylic oxidation sites excluding steroid dienone is 2. The van der Waals surface area contributed by atoms with Gasteiger partial charge in [-0.15, -0.1) is 0 Å². The van der Waals surface area contributed by atoms with Crippen LogP contribution in [-0.4, -0.2) is 12.6 Å². The summed E-state index contributed by atoms with van der Waals surface area (Å²) in [5.74, 6) is 0.789. The van der Waals surface area contributed by atoms with Crippen molar-refractivity contribution in [2.45, 2.75) is 46.6 Å². The van der Waals surface area contributed by atoms with Crippen molar-refractivity contribution in [3.05, 3.63) is 12.2 Å². The lowest BCUT2D eigenvalue weighted by molar-refractivity contribution is 0.137. The molecular formula is C12H23N. The first-order valence-corrected chi connectivity index (χ1v) is 5.51. The Morgan fingerprint density at radius 2 is 2.23 bits per heavy atom. The highest BCUT2D eigenvalue weighted by Crippen LogP contribution is 2.39. The molecule has 0 amide bonds. The summed E-state index contributed by atoms with van der Waals surface area (Å²) in [6.07, 6.45) is 7.16. The Kier molecular flexibility index (Phi) is 3.55. The molecule has 1 heteroatoms. The third-order valence-corrected chi connectivity index (χ3v) is 3.57. The molecule has 0 radical (unpaired) electrons. The first-order chi connectivity index (χ1) is 6.14. The largest absolute Gasteiger partial charge is 0.314 e. The molecule has 76 valence electrons. The first-order valence-electron chi connectivity index (χ1n) is 5.51. The van der Waals surface area contributed by atoms with Gasteiger partial charge in [-0.1, -0.05) is 32.4 Å². The van der Waals surface area contributed by atoms with Gasteiger partial charge < -0.3 is 5.32 Å². The summed E-state index contributed by atoms with van der Waals surface area (Å²) in [5.41, 5.74) is 0.425. The van der Waals surface area contributed by atoms with E-state index in [1.54, 1.807) is 0 Å². The van der Waals surface area contributed by atoms with Crippen molar-refractivity contribution in [1.82, 2.24) is 5.32 Å². The molecule has 1 saturated heterocycles. The van der Waals surface area contributed by atoms with Crippen LogP contribution in [0.3, 0.4) is 0 Å². The molecule has 0 aromatic rings. The van der Waals surface area contributed by atoms with E-state index in [0.717, 1.165) is 5.92 Å². The third kappa shape index (κ3) is 2.14. The highest BCUT2D eigenvalue weighted by molar-refractivity contribution is 5.04. The normalized spacial score (nSPS) is 41.2. The van der Waals surface area contributed by atoms with Crippen molar-refractivity contribution in [1.29, 1.82) is 0 Å². The van der Waals surface area contributed by atoms with Gasteiger partial charge >= 0.3 is 0 Å². The van der Waals surface area contributed by atoms with E-state index < -0.39 is 0 Å². The van der Waals surface area contributed by atoms with E-state index in [1.807, 2.05) is 0 Å². The zero-order valence-corrected chi connectivity index (χ0v) is 9.43. The maximum atomic E-state index is 3.56. The summed E-state index contributed by atoms with van der Waals surface area (Å²) in [6, 6.07) is 0.667. The Labute approximate surface area is 82.6 Å². The van der Waals surface area contributed by atoms with Crippen LogP contribution in [0.15, 0.2) is 12.2 Å². The Hall–Kier alpha value is -0.300. The molecule has 1 fully saturated rings. The highest BCUT2D eigenvalue weighted by atomic mass is 14.9. The Balaban J connectivity index is 2.79. The second-order valence-corrected chi connectivity index (χ2v) is 4.51. The molecule has 1 N–H and O–H groups in total. The molecule has 0 aromatic carbocycles. The molecule has 1 nitrogen and oxygen atoms in total. The standard InChI is InChI=1S/C12H23N/c1-5-7-12(4)8-9-13-10(3)11(12)6-2/h5,7,10-11,13H,6,8-9H2,1-4H3/b7-5-/t10-,11?,12?/m0/s1. The second kappa shape index (κ2) is 4.28. The molecule has 1 aliphatic rings. The van der Waals surface area contributed by atoms with Crippen LogP contribution in [0.4, 0.5) is 0 Å². The van der Waals surface area contributed by atoms with Crippen LogP contribution in [0.1, 0.15) is 40.5 Å². The predicted molar refractivity (Wildman–Crippen MR) is 58.8 cm³/mol. The molecule has 3 atom stereocenters. The quantitative estimate of drug-likeness (QED) is 0.646. The average Bonchev–Trinajstić information content (AvgIpc) is 2.04. The summed E-state index contributed by atoms with van der Waals surface area (Å²) in [6.45, 7) is 10.3. The average molecular weight is 181 g/mol. The molecule has 1 aliphatic heterocycles. The van der Waals surface area contributed by atoms with Crippen molar-refractivity contribution in [3.63, 3.8) is 0 Å². The maximum absolute atomic E-state index is 3.56. The van der Waals surface area contributed by atoms with Crippen molar-refractivity contribution in [3.8, 4) is 0 Å². The molecule has 0 bridgehead atoms. The fraction of sp³-hybridized carbons (Fsp3) is 0.833. The summed E-state index contributed by atoms with van der Waals surface area (Å²) < 4.78 is 0. The zero-order chi connectivity index (χ0) is 9.90. The molecule has 13 heavy (non-hydrogen) atoms. The Morgan fingerprint density at radius 1 is 1.54 bits per heavy atom. The lowest BCUT2D eigenvalue weighted by atomic mass is 9.68. The van der Waals surface area contributed by atoms with Crippen LogP contribution in [-0.2, 0) is 0 Å². The van der Waals surface area contributed by atoms with Crippen molar-refractivity contribution in [2.24, 2.45) is 11.3 Å². The van der Waals surface area contributed by atoms with Gasteiger partial charge in [-0.3, -0.25) is 0 Å². The van der Waals surface area contributed by atoms with E-state index in [4.69, 9.17) is 0 Å². The number of nitrogens with one attached hydrogen (secondary N) is 1. The molecule has 1 rings (SSSR count). The van der Waals surface area contributed by atoms with E-state index in [-0.39, 0.29) is 0 Å². The lowest BCUT2D eigenvalue weighted by Crippen LogP contribution is -2.48. The summed E-state index contributed by atoms with van der Waals surface area (Å²) in [7, 11) is 0. The van der Waals surface area contributed by atoms with Crippen LogP contribution in [0.2, 0.25) is 0 Å². The van der Waals surface area contributed by atoms with Gasteiger partial charge in [0.2, 0.25) is 0 Å². The van der Waals surface area contributed by atoms with E-state index in [1.165, 1.54) is 19.4 Å². The molecular weight excluding hydrogens is 158 g/mol. The van der Waals surface area contributed by atoms with Gasteiger partial charge in [0.05, 0.1) is 0 Å². The molecule has 0 aliphatic carbocycles. The smallest absolute Gasteiger partial charge is 0.00751 e. The SMILES string of the molecule is C/C=C\C1(C)CCN[C@@H](C)C1CC. The predicted octanol–water partition coefficient (Wildman–Crippen LogP) is 2.98. The van der Waals surface area contributed by atoms with Gasteiger partial charge in [0.25, 0.3) is 0 Å². The van der Waals surface area contributed by atoms with Crippen molar-refractivity contribution >= 4 is 0 Å². The summed E-state index contributed by atoms with van der Waals surface area (Å²) in [4.78, 5) is 0. The minimum atomic E-state index is 0.425. The van der Waals surface area contributed by atoms with Gasteiger partial charge in [0.1, 0.15) is 0 Å². The number of hydrogen-bond donors (Lipinski definition) is 1. The van der Waals surface area contributed by atoms with Crippen LogP contribution in [0, 0.1) is 11.3 Å². The minimum absolute atomic E-state index is 0.425. The number of rotatable bonds is 2. The lowest BCUT2D eigenvalue weighted by Gasteiger charge is -2.43. The topological polar surface area (TPSA) is 12.0 Å². The fourth-order valence-corrected chi connectivity index (χ4v) is 2.88. The van der Waals surface area contributed by atoms with Gasteiger partial charge in [-0.25, -0.2) is 0 Å². The van der Waals surface area contributed by atoms with Gasteiger partial charge in [0.15, 0.2) is 0 Å². The maximum Gasteiger partial charge on any atom is 0.00751 e. The van der Waals surface area contributed by atoms with E-state index >= 15 is 0 Å². The van der Waals surface area contributed by atoms with Gasteiger partial charge in [0, 0.05) is 6.04 Å². The number of hydrogen-bond acceptors (Lipinski definition) is 1. The van der Waals surface area contributed by atoms with Gasteiger partial charge in [-0.2, -0.15) is 0 Å². The van der Waals surface area contributed by atoms with E-state index in [2.05, 4.69) is 45.2 Å². The van der Waals surface area contributed by atoms with Crippen molar-refractivity contribution < 1.29 is 0 Å². The first kappa shape index (κ1) is 10.8. The molecule has 1 heterocycles. The zero-order valence-electron chi connectivity index (χ0n) is 9.43. The molecule has 0 spiro atoms. The van der Waals surface area contributed by atoms with Crippen molar-refractivity contribution in [2.75, 3.05) is 6.54 Å². The molecule has 0 saturated carbocycles. The summed E-state index contributed by atoms with van der Waals surface area (Å²) in [5, 5.41) is 3.56. The second-order valence-electron chi connectivity index (χ2n) is 4.51. The highest BCUT2D eigenvalue weighted by Gasteiger charge is 2.36. The van der Waals surface area contributed by atoms with E-state index in [0.29, 0.717) is 11.5 Å². The Morgan fingerprint density at radius 3 is 2.77 bits per heavy atom. The van der Waals surface area contributed by atoms with E-state index in [9.17, 15) is 0 Å². The molecule has 0 aromatic heterocycles. The third-order valence-electron chi connectivity index (χ3n) is 3.57. The van der Waals surface area contributed by atoms with Crippen LogP contribution >= 0.6 is 0 Å². The van der Waals surface area contributed by atoms with Crippen LogP contribution < -0.4 is 5.32 Å². The Bertz CT molecular complexity index is 186. The molecule has 2 unspecified atom stereocenters. The van der Waals surface area contributed by atoms with Gasteiger partial charge in [-0.05, 0) is 38.1 Å². The van der Waals surface area contributed by atoms with Crippen LogP contribution in [0.5, 0.6) is 0 Å². The monoisotopic (exact) mass is 181 g/mol. The van der Waals surface area contributed by atoms with Crippen LogP contribution in [0.25, 0.3) is 0 Å². The fourth-order valence-electron chi connectivity index (χ4n) is 2.88.